The highest BCUT2D eigenvalue weighted by Crippen LogP contribution is 2.28. The van der Waals surface area contributed by atoms with Crippen LogP contribution in [0.25, 0.3) is 0 Å². The molecule has 1 N–H and O–H groups in total. The summed E-state index contributed by atoms with van der Waals surface area (Å²) in [7, 11) is 0. The topological polar surface area (TPSA) is 49.4 Å². The van der Waals surface area contributed by atoms with Gasteiger partial charge in [-0.15, -0.1) is 0 Å². The molecule has 0 bridgehead atoms. The lowest BCUT2D eigenvalue weighted by Crippen LogP contribution is -2.38. The number of amides is 2. The third kappa shape index (κ3) is 3.43. The molecule has 4 nitrogen and oxygen atoms in total. The average Bonchev–Trinajstić information content (AvgIpc) is 2.80. The summed E-state index contributed by atoms with van der Waals surface area (Å²) in [5, 5.41) is 2.97. The van der Waals surface area contributed by atoms with Crippen molar-refractivity contribution in [1.82, 2.24) is 5.32 Å². The maximum atomic E-state index is 12.2. The molecule has 0 aromatic heterocycles. The molecule has 1 aliphatic rings. The lowest BCUT2D eigenvalue weighted by Gasteiger charge is -2.20. The molecular weight excluding hydrogens is 264 g/mol. The number of benzene rings is 1. The van der Waals surface area contributed by atoms with E-state index in [2.05, 4.69) is 11.4 Å². The standard InChI is InChI=1S/C17H24N2O2/c1-5-13(4)18-17(21)14-9-16(20)19(10-14)15-7-6-11(2)8-12(15)3/h6-8,13-14H,5,9-10H2,1-4H3,(H,18,21)/t13-,14+/m1/s1. The van der Waals surface area contributed by atoms with Gasteiger partial charge < -0.3 is 10.2 Å². The van der Waals surface area contributed by atoms with Crippen molar-refractivity contribution in [2.24, 2.45) is 5.92 Å². The van der Waals surface area contributed by atoms with E-state index in [0.29, 0.717) is 13.0 Å². The van der Waals surface area contributed by atoms with E-state index in [1.807, 2.05) is 39.8 Å². The Kier molecular flexibility index (Phi) is 4.66. The number of hydrogen-bond donors (Lipinski definition) is 1. The molecule has 1 heterocycles. The van der Waals surface area contributed by atoms with E-state index in [4.69, 9.17) is 0 Å². The first kappa shape index (κ1) is 15.5. The van der Waals surface area contributed by atoms with Crippen molar-refractivity contribution in [2.45, 2.75) is 46.6 Å². The lowest BCUT2D eigenvalue weighted by molar-refractivity contribution is -0.126. The second-order valence-electron chi connectivity index (χ2n) is 6.01. The van der Waals surface area contributed by atoms with Crippen molar-refractivity contribution in [1.29, 1.82) is 0 Å². The van der Waals surface area contributed by atoms with Gasteiger partial charge in [0, 0.05) is 24.7 Å². The van der Waals surface area contributed by atoms with E-state index in [9.17, 15) is 9.59 Å². The van der Waals surface area contributed by atoms with E-state index in [1.54, 1.807) is 4.90 Å². The summed E-state index contributed by atoms with van der Waals surface area (Å²) >= 11 is 0. The molecular formula is C17H24N2O2. The van der Waals surface area contributed by atoms with Crippen LogP contribution in [0.15, 0.2) is 18.2 Å². The molecule has 1 saturated heterocycles. The average molecular weight is 288 g/mol. The van der Waals surface area contributed by atoms with Crippen LogP contribution in [0.5, 0.6) is 0 Å². The van der Waals surface area contributed by atoms with E-state index in [0.717, 1.165) is 17.7 Å². The number of aryl methyl sites for hydroxylation is 2. The molecule has 2 rings (SSSR count). The van der Waals surface area contributed by atoms with E-state index < -0.39 is 0 Å². The van der Waals surface area contributed by atoms with Gasteiger partial charge in [-0.25, -0.2) is 0 Å². The van der Waals surface area contributed by atoms with E-state index >= 15 is 0 Å². The molecule has 0 saturated carbocycles. The minimum absolute atomic E-state index is 0.00929. The lowest BCUT2D eigenvalue weighted by atomic mass is 10.1. The zero-order valence-electron chi connectivity index (χ0n) is 13.3. The Morgan fingerprint density at radius 1 is 1.43 bits per heavy atom. The Balaban J connectivity index is 2.11. The number of rotatable bonds is 4. The van der Waals surface area contributed by atoms with Crippen LogP contribution >= 0.6 is 0 Å². The molecule has 2 amide bonds. The summed E-state index contributed by atoms with van der Waals surface area (Å²) in [6.45, 7) is 8.53. The number of nitrogens with zero attached hydrogens (tertiary/aromatic N) is 1. The minimum atomic E-state index is -0.243. The summed E-state index contributed by atoms with van der Waals surface area (Å²) in [6, 6.07) is 6.19. The second kappa shape index (κ2) is 6.29. The summed E-state index contributed by atoms with van der Waals surface area (Å²) < 4.78 is 0. The molecule has 1 aromatic rings. The Labute approximate surface area is 126 Å². The largest absolute Gasteiger partial charge is 0.353 e. The highest BCUT2D eigenvalue weighted by Gasteiger charge is 2.35. The molecule has 4 heteroatoms. The fraction of sp³-hybridized carbons (Fsp3) is 0.529. The van der Waals surface area contributed by atoms with Gasteiger partial charge in [0.1, 0.15) is 0 Å². The van der Waals surface area contributed by atoms with Crippen LogP contribution in [0.1, 0.15) is 37.8 Å². The zero-order valence-corrected chi connectivity index (χ0v) is 13.3. The monoisotopic (exact) mass is 288 g/mol. The predicted molar refractivity (Wildman–Crippen MR) is 84.3 cm³/mol. The number of nitrogens with one attached hydrogen (secondary N) is 1. The van der Waals surface area contributed by atoms with Crippen LogP contribution in [0, 0.1) is 19.8 Å². The molecule has 0 unspecified atom stereocenters. The quantitative estimate of drug-likeness (QED) is 0.925. The third-order valence-electron chi connectivity index (χ3n) is 4.14. The van der Waals surface area contributed by atoms with Gasteiger partial charge in [-0.1, -0.05) is 24.6 Å². The molecule has 0 spiro atoms. The first-order valence-corrected chi connectivity index (χ1v) is 7.60. The first-order valence-electron chi connectivity index (χ1n) is 7.60. The zero-order chi connectivity index (χ0) is 15.6. The SMILES string of the molecule is CC[C@@H](C)NC(=O)[C@H]1CC(=O)N(c2ccc(C)cc2C)C1. The molecule has 21 heavy (non-hydrogen) atoms. The molecule has 0 radical (unpaired) electrons. The highest BCUT2D eigenvalue weighted by atomic mass is 16.2. The summed E-state index contributed by atoms with van der Waals surface area (Å²) in [4.78, 5) is 26.2. The Morgan fingerprint density at radius 2 is 2.14 bits per heavy atom. The van der Waals surface area contributed by atoms with Crippen LogP contribution < -0.4 is 10.2 Å². The van der Waals surface area contributed by atoms with Crippen molar-refractivity contribution in [2.75, 3.05) is 11.4 Å². The van der Waals surface area contributed by atoms with Gasteiger partial charge in [-0.05, 0) is 38.8 Å². The van der Waals surface area contributed by atoms with Gasteiger partial charge in [-0.3, -0.25) is 9.59 Å². The van der Waals surface area contributed by atoms with Gasteiger partial charge in [0.15, 0.2) is 0 Å². The first-order chi connectivity index (χ1) is 9.92. The summed E-state index contributed by atoms with van der Waals surface area (Å²) in [5.74, 6) is -0.219. The van der Waals surface area contributed by atoms with Crippen molar-refractivity contribution >= 4 is 17.5 Å². The van der Waals surface area contributed by atoms with Gasteiger partial charge in [-0.2, -0.15) is 0 Å². The third-order valence-corrected chi connectivity index (χ3v) is 4.14. The van der Waals surface area contributed by atoms with Crippen LogP contribution in [-0.2, 0) is 9.59 Å². The van der Waals surface area contributed by atoms with Crippen LogP contribution in [0.4, 0.5) is 5.69 Å². The number of carbonyl (C=O) groups excluding carboxylic acids is 2. The fourth-order valence-corrected chi connectivity index (χ4v) is 2.69. The number of carbonyl (C=O) groups is 2. The fourth-order valence-electron chi connectivity index (χ4n) is 2.69. The second-order valence-corrected chi connectivity index (χ2v) is 6.01. The smallest absolute Gasteiger partial charge is 0.227 e. The van der Waals surface area contributed by atoms with E-state index in [1.165, 1.54) is 5.56 Å². The minimum Gasteiger partial charge on any atom is -0.353 e. The van der Waals surface area contributed by atoms with Crippen molar-refractivity contribution in [3.63, 3.8) is 0 Å². The van der Waals surface area contributed by atoms with Crippen molar-refractivity contribution in [3.05, 3.63) is 29.3 Å². The highest BCUT2D eigenvalue weighted by molar-refractivity contribution is 6.00. The molecule has 114 valence electrons. The Morgan fingerprint density at radius 3 is 2.76 bits per heavy atom. The van der Waals surface area contributed by atoms with Crippen LogP contribution in [-0.4, -0.2) is 24.4 Å². The maximum absolute atomic E-state index is 12.2. The molecule has 1 fully saturated rings. The summed E-state index contributed by atoms with van der Waals surface area (Å²) in [6.07, 6.45) is 1.20. The molecule has 2 atom stereocenters. The van der Waals surface area contributed by atoms with E-state index in [-0.39, 0.29) is 23.8 Å². The number of anilines is 1. The van der Waals surface area contributed by atoms with Crippen molar-refractivity contribution in [3.8, 4) is 0 Å². The predicted octanol–water partition coefficient (Wildman–Crippen LogP) is 2.57. The van der Waals surface area contributed by atoms with Gasteiger partial charge in [0.05, 0.1) is 5.92 Å². The summed E-state index contributed by atoms with van der Waals surface area (Å²) in [5.41, 5.74) is 3.17. The van der Waals surface area contributed by atoms with Gasteiger partial charge >= 0.3 is 0 Å². The molecule has 1 aliphatic heterocycles. The maximum Gasteiger partial charge on any atom is 0.227 e. The Bertz CT molecular complexity index is 554. The normalized spacial score (nSPS) is 19.7. The molecule has 0 aliphatic carbocycles. The molecule has 1 aromatic carbocycles. The Hall–Kier alpha value is -1.84. The van der Waals surface area contributed by atoms with Crippen LogP contribution in [0.2, 0.25) is 0 Å². The van der Waals surface area contributed by atoms with Gasteiger partial charge in [0.2, 0.25) is 11.8 Å². The number of hydrogen-bond acceptors (Lipinski definition) is 2. The van der Waals surface area contributed by atoms with Crippen molar-refractivity contribution < 1.29 is 9.59 Å². The van der Waals surface area contributed by atoms with Gasteiger partial charge in [0.25, 0.3) is 0 Å². The van der Waals surface area contributed by atoms with Crippen LogP contribution in [0.3, 0.4) is 0 Å².